The predicted molar refractivity (Wildman–Crippen MR) is 180 cm³/mol. The molecule has 0 fully saturated rings. The SMILES string of the molecule is C=C1/C=C\C=C/CN(c2ccccc2)c2cc3c4ccccc4n(-c4ccc(-c5nc6ccccc6s5)cc4)c3cc21. The van der Waals surface area contributed by atoms with E-state index in [4.69, 9.17) is 4.98 Å². The van der Waals surface area contributed by atoms with Gasteiger partial charge in [-0.25, -0.2) is 4.98 Å². The number of nitrogens with zero attached hydrogens (tertiary/aromatic N) is 3. The Morgan fingerprint density at radius 2 is 1.48 bits per heavy atom. The van der Waals surface area contributed by atoms with Crippen molar-refractivity contribution in [3.63, 3.8) is 0 Å². The van der Waals surface area contributed by atoms with Crippen molar-refractivity contribution in [2.24, 2.45) is 0 Å². The summed E-state index contributed by atoms with van der Waals surface area (Å²) < 4.78 is 3.59. The van der Waals surface area contributed by atoms with Crippen LogP contribution < -0.4 is 4.90 Å². The van der Waals surface area contributed by atoms with Gasteiger partial charge in [0.2, 0.25) is 0 Å². The molecule has 0 amide bonds. The van der Waals surface area contributed by atoms with E-state index >= 15 is 0 Å². The third-order valence-corrected chi connectivity index (χ3v) is 9.08. The number of hydrogen-bond acceptors (Lipinski definition) is 3. The first-order valence-electron chi connectivity index (χ1n) is 14.1. The number of rotatable bonds is 3. The molecule has 0 saturated carbocycles. The van der Waals surface area contributed by atoms with Crippen LogP contribution in [0.2, 0.25) is 0 Å². The van der Waals surface area contributed by atoms with Gasteiger partial charge >= 0.3 is 0 Å². The van der Waals surface area contributed by atoms with Gasteiger partial charge in [0.15, 0.2) is 0 Å². The summed E-state index contributed by atoms with van der Waals surface area (Å²) >= 11 is 1.73. The molecule has 0 spiro atoms. The Kier molecular flexibility index (Phi) is 5.87. The monoisotopic (exact) mass is 557 g/mol. The molecule has 8 rings (SSSR count). The quantitative estimate of drug-likeness (QED) is 0.215. The molecular weight excluding hydrogens is 531 g/mol. The Morgan fingerprint density at radius 1 is 0.690 bits per heavy atom. The highest BCUT2D eigenvalue weighted by molar-refractivity contribution is 7.21. The molecule has 1 aliphatic heterocycles. The van der Waals surface area contributed by atoms with Crippen molar-refractivity contribution in [3.05, 3.63) is 152 Å². The van der Waals surface area contributed by atoms with Gasteiger partial charge < -0.3 is 9.47 Å². The van der Waals surface area contributed by atoms with Crippen molar-refractivity contribution < 1.29 is 0 Å². The molecule has 0 aliphatic carbocycles. The highest BCUT2D eigenvalue weighted by atomic mass is 32.1. The number of hydrogen-bond donors (Lipinski definition) is 0. The number of aromatic nitrogens is 2. The molecule has 0 unspecified atom stereocenters. The summed E-state index contributed by atoms with van der Waals surface area (Å²) in [6.07, 6.45) is 8.50. The lowest BCUT2D eigenvalue weighted by Gasteiger charge is -2.26. The number of thiazole rings is 1. The first kappa shape index (κ1) is 24.6. The van der Waals surface area contributed by atoms with Crippen molar-refractivity contribution in [3.8, 4) is 16.3 Å². The van der Waals surface area contributed by atoms with Crippen LogP contribution in [0, 0.1) is 0 Å². The number of anilines is 2. The lowest BCUT2D eigenvalue weighted by molar-refractivity contribution is 1.09. The van der Waals surface area contributed by atoms with E-state index in [0.717, 1.165) is 56.3 Å². The van der Waals surface area contributed by atoms with Gasteiger partial charge in [-0.3, -0.25) is 0 Å². The summed E-state index contributed by atoms with van der Waals surface area (Å²) in [6.45, 7) is 5.26. The second-order valence-electron chi connectivity index (χ2n) is 10.5. The van der Waals surface area contributed by atoms with Gasteiger partial charge in [0.1, 0.15) is 5.01 Å². The average molecular weight is 558 g/mol. The summed E-state index contributed by atoms with van der Waals surface area (Å²) in [5.74, 6) is 0. The molecule has 0 N–H and O–H groups in total. The molecule has 4 heteroatoms. The molecule has 200 valence electrons. The topological polar surface area (TPSA) is 21.1 Å². The molecule has 5 aromatic carbocycles. The first-order valence-corrected chi connectivity index (χ1v) is 14.9. The van der Waals surface area contributed by atoms with Crippen LogP contribution in [-0.2, 0) is 0 Å². The zero-order valence-corrected chi connectivity index (χ0v) is 23.8. The Bertz CT molecular complexity index is 2150. The van der Waals surface area contributed by atoms with E-state index in [1.807, 2.05) is 6.07 Å². The zero-order chi connectivity index (χ0) is 28.0. The van der Waals surface area contributed by atoms with E-state index in [1.165, 1.54) is 21.0 Å². The van der Waals surface area contributed by atoms with Gasteiger partial charge in [0, 0.05) is 39.8 Å². The largest absolute Gasteiger partial charge is 0.337 e. The third-order valence-electron chi connectivity index (χ3n) is 7.99. The van der Waals surface area contributed by atoms with Crippen LogP contribution in [-0.4, -0.2) is 16.1 Å². The van der Waals surface area contributed by atoms with Crippen molar-refractivity contribution in [2.45, 2.75) is 0 Å². The Balaban J connectivity index is 1.33. The summed E-state index contributed by atoms with van der Waals surface area (Å²) in [5, 5.41) is 3.50. The molecule has 3 heterocycles. The normalized spacial score (nSPS) is 15.0. The lowest BCUT2D eigenvalue weighted by Crippen LogP contribution is -2.18. The van der Waals surface area contributed by atoms with Crippen molar-refractivity contribution in [1.29, 1.82) is 0 Å². The molecular formula is C38H27N3S. The molecule has 7 aromatic rings. The van der Waals surface area contributed by atoms with Crippen LogP contribution in [0.15, 0.2) is 146 Å². The Hall–Kier alpha value is -5.19. The van der Waals surface area contributed by atoms with E-state index in [1.54, 1.807) is 11.3 Å². The highest BCUT2D eigenvalue weighted by Crippen LogP contribution is 2.41. The highest BCUT2D eigenvalue weighted by Gasteiger charge is 2.20. The number of benzene rings is 5. The zero-order valence-electron chi connectivity index (χ0n) is 22.9. The maximum Gasteiger partial charge on any atom is 0.124 e. The number of fused-ring (bicyclic) bond motifs is 5. The second-order valence-corrected chi connectivity index (χ2v) is 11.6. The van der Waals surface area contributed by atoms with E-state index in [0.29, 0.717) is 0 Å². The smallest absolute Gasteiger partial charge is 0.124 e. The van der Waals surface area contributed by atoms with Crippen molar-refractivity contribution in [2.75, 3.05) is 11.4 Å². The molecule has 0 bridgehead atoms. The lowest BCUT2D eigenvalue weighted by atomic mass is 10.0. The predicted octanol–water partition coefficient (Wildman–Crippen LogP) is 10.3. The standard InChI is InChI=1S/C38H27N3S/c1-26-12-4-3-11-23-40(28-13-5-2-6-14-28)35-25-32-30-15-7-9-17-34(30)41(36(32)24-31(26)35)29-21-19-27(20-22-29)38-39-33-16-8-10-18-37(33)42-38/h2-22,24-25H,1,23H2/b11-3-,12-4-. The van der Waals surface area contributed by atoms with E-state index in [-0.39, 0.29) is 0 Å². The van der Waals surface area contributed by atoms with E-state index < -0.39 is 0 Å². The molecule has 0 atom stereocenters. The summed E-state index contributed by atoms with van der Waals surface area (Å²) in [4.78, 5) is 7.25. The van der Waals surface area contributed by atoms with Crippen LogP contribution in [0.5, 0.6) is 0 Å². The minimum Gasteiger partial charge on any atom is -0.337 e. The maximum atomic E-state index is 4.87. The molecule has 3 nitrogen and oxygen atoms in total. The van der Waals surface area contributed by atoms with Crippen molar-refractivity contribution in [1.82, 2.24) is 9.55 Å². The van der Waals surface area contributed by atoms with Crippen LogP contribution in [0.25, 0.3) is 53.9 Å². The first-order chi connectivity index (χ1) is 20.7. The third kappa shape index (κ3) is 4.08. The fraction of sp³-hybridized carbons (Fsp3) is 0.0263. The maximum absolute atomic E-state index is 4.87. The molecule has 2 aromatic heterocycles. The van der Waals surface area contributed by atoms with E-state index in [9.17, 15) is 0 Å². The summed E-state index contributed by atoms with van der Waals surface area (Å²) in [5.41, 5.74) is 10.1. The van der Waals surface area contributed by atoms with Gasteiger partial charge in [0.25, 0.3) is 0 Å². The molecule has 1 aliphatic rings. The van der Waals surface area contributed by atoms with Gasteiger partial charge in [0.05, 0.1) is 26.9 Å². The Morgan fingerprint density at radius 3 is 2.33 bits per heavy atom. The molecule has 42 heavy (non-hydrogen) atoms. The van der Waals surface area contributed by atoms with Gasteiger partial charge in [-0.05, 0) is 72.3 Å². The van der Waals surface area contributed by atoms with E-state index in [2.05, 4.69) is 150 Å². The summed E-state index contributed by atoms with van der Waals surface area (Å²) in [6, 6.07) is 41.1. The fourth-order valence-electron chi connectivity index (χ4n) is 5.97. The summed E-state index contributed by atoms with van der Waals surface area (Å²) in [7, 11) is 0. The van der Waals surface area contributed by atoms with Gasteiger partial charge in [-0.2, -0.15) is 0 Å². The van der Waals surface area contributed by atoms with Crippen LogP contribution >= 0.6 is 11.3 Å². The minimum absolute atomic E-state index is 0.770. The Labute approximate surface area is 248 Å². The van der Waals surface area contributed by atoms with Crippen LogP contribution in [0.4, 0.5) is 11.4 Å². The van der Waals surface area contributed by atoms with Gasteiger partial charge in [-0.1, -0.05) is 79.4 Å². The van der Waals surface area contributed by atoms with Crippen LogP contribution in [0.3, 0.4) is 0 Å². The number of allylic oxidation sites excluding steroid dienone is 4. The van der Waals surface area contributed by atoms with Crippen LogP contribution in [0.1, 0.15) is 5.56 Å². The fourth-order valence-corrected chi connectivity index (χ4v) is 6.94. The van der Waals surface area contributed by atoms with Crippen molar-refractivity contribution >= 4 is 60.3 Å². The second kappa shape index (κ2) is 10.0. The molecule has 0 saturated heterocycles. The average Bonchev–Trinajstić information content (AvgIpc) is 3.63. The minimum atomic E-state index is 0.770. The van der Waals surface area contributed by atoms with Gasteiger partial charge in [-0.15, -0.1) is 11.3 Å². The molecule has 0 radical (unpaired) electrons. The number of para-hydroxylation sites is 3.